The average molecular weight is 375 g/mol. The summed E-state index contributed by atoms with van der Waals surface area (Å²) >= 11 is 0. The van der Waals surface area contributed by atoms with E-state index in [1.54, 1.807) is 6.20 Å². The molecule has 1 saturated heterocycles. The Hall–Kier alpha value is -3.02. The van der Waals surface area contributed by atoms with Gasteiger partial charge in [-0.05, 0) is 39.2 Å². The third-order valence-corrected chi connectivity index (χ3v) is 5.48. The van der Waals surface area contributed by atoms with Gasteiger partial charge in [-0.25, -0.2) is 9.97 Å². The quantitative estimate of drug-likeness (QED) is 0.755. The zero-order valence-corrected chi connectivity index (χ0v) is 16.6. The number of rotatable bonds is 3. The molecule has 0 bridgehead atoms. The van der Waals surface area contributed by atoms with Crippen LogP contribution in [0.1, 0.15) is 51.9 Å². The molecule has 2 aromatic heterocycles. The van der Waals surface area contributed by atoms with Crippen LogP contribution in [0.2, 0.25) is 0 Å². The summed E-state index contributed by atoms with van der Waals surface area (Å²) in [7, 11) is 0. The molecule has 144 valence electrons. The molecule has 1 unspecified atom stereocenters. The van der Waals surface area contributed by atoms with Crippen LogP contribution in [0.5, 0.6) is 0 Å². The summed E-state index contributed by atoms with van der Waals surface area (Å²) in [6.07, 6.45) is 5.54. The molecule has 0 spiro atoms. The molecular formula is C22H25N5O. The highest BCUT2D eigenvalue weighted by molar-refractivity contribution is 5.95. The van der Waals surface area contributed by atoms with E-state index in [0.29, 0.717) is 17.9 Å². The molecule has 1 aliphatic heterocycles. The number of H-pyrrole nitrogens is 1. The number of aromatic nitrogens is 4. The SMILES string of the molecule is Cc1ccc(-c2cn[nH]c2C2CCCN(C(=O)c3cnc(C)nc3C)C2)cc1. The zero-order valence-electron chi connectivity index (χ0n) is 16.6. The molecule has 0 radical (unpaired) electrons. The highest BCUT2D eigenvalue weighted by Crippen LogP contribution is 2.33. The third kappa shape index (κ3) is 3.54. The van der Waals surface area contributed by atoms with E-state index in [9.17, 15) is 4.79 Å². The van der Waals surface area contributed by atoms with Gasteiger partial charge in [-0.15, -0.1) is 0 Å². The van der Waals surface area contributed by atoms with Gasteiger partial charge in [0.05, 0.1) is 17.5 Å². The van der Waals surface area contributed by atoms with E-state index in [0.717, 1.165) is 41.9 Å². The monoisotopic (exact) mass is 375 g/mol. The molecule has 4 rings (SSSR count). The maximum Gasteiger partial charge on any atom is 0.257 e. The Morgan fingerprint density at radius 1 is 1.14 bits per heavy atom. The van der Waals surface area contributed by atoms with Gasteiger partial charge >= 0.3 is 0 Å². The molecule has 1 amide bonds. The average Bonchev–Trinajstić information content (AvgIpc) is 3.18. The number of amides is 1. The van der Waals surface area contributed by atoms with E-state index in [1.807, 2.05) is 24.9 Å². The maximum absolute atomic E-state index is 13.1. The fourth-order valence-corrected chi connectivity index (χ4v) is 3.93. The summed E-state index contributed by atoms with van der Waals surface area (Å²) in [5, 5.41) is 7.49. The minimum absolute atomic E-state index is 0.0126. The molecule has 0 aliphatic carbocycles. The predicted octanol–water partition coefficient (Wildman–Crippen LogP) is 3.81. The van der Waals surface area contributed by atoms with Crippen molar-refractivity contribution in [1.29, 1.82) is 0 Å². The Bertz CT molecular complexity index is 992. The summed E-state index contributed by atoms with van der Waals surface area (Å²) in [5.41, 5.74) is 5.95. The summed E-state index contributed by atoms with van der Waals surface area (Å²) in [4.78, 5) is 23.5. The summed E-state index contributed by atoms with van der Waals surface area (Å²) in [6.45, 7) is 7.22. The smallest absolute Gasteiger partial charge is 0.257 e. The van der Waals surface area contributed by atoms with Crippen LogP contribution >= 0.6 is 0 Å². The Labute approximate surface area is 165 Å². The normalized spacial score (nSPS) is 17.0. The molecule has 1 atom stereocenters. The van der Waals surface area contributed by atoms with E-state index in [1.165, 1.54) is 5.56 Å². The molecular weight excluding hydrogens is 350 g/mol. The zero-order chi connectivity index (χ0) is 19.7. The first-order valence-electron chi connectivity index (χ1n) is 9.72. The number of nitrogens with one attached hydrogen (secondary N) is 1. The van der Waals surface area contributed by atoms with Crippen LogP contribution in [0.15, 0.2) is 36.7 Å². The highest BCUT2D eigenvalue weighted by Gasteiger charge is 2.29. The van der Waals surface area contributed by atoms with Gasteiger partial charge in [0.1, 0.15) is 5.82 Å². The number of hydrogen-bond acceptors (Lipinski definition) is 4. The Kier molecular flexibility index (Phi) is 4.94. The molecule has 1 N–H and O–H groups in total. The number of aryl methyl sites for hydroxylation is 3. The maximum atomic E-state index is 13.1. The minimum Gasteiger partial charge on any atom is -0.338 e. The topological polar surface area (TPSA) is 74.8 Å². The summed E-state index contributed by atoms with van der Waals surface area (Å²) in [6, 6.07) is 8.48. The fraction of sp³-hybridized carbons (Fsp3) is 0.364. The van der Waals surface area contributed by atoms with E-state index in [-0.39, 0.29) is 11.8 Å². The first-order valence-corrected chi connectivity index (χ1v) is 9.72. The van der Waals surface area contributed by atoms with Crippen molar-refractivity contribution in [1.82, 2.24) is 25.1 Å². The van der Waals surface area contributed by atoms with Gasteiger partial charge in [0, 0.05) is 36.5 Å². The Balaban J connectivity index is 1.57. The first kappa shape index (κ1) is 18.3. The number of carbonyl (C=O) groups is 1. The van der Waals surface area contributed by atoms with Gasteiger partial charge in [-0.2, -0.15) is 5.10 Å². The fourth-order valence-electron chi connectivity index (χ4n) is 3.93. The molecule has 1 fully saturated rings. The van der Waals surface area contributed by atoms with Crippen LogP contribution in [0.25, 0.3) is 11.1 Å². The lowest BCUT2D eigenvalue weighted by Crippen LogP contribution is -2.39. The number of piperidine rings is 1. The van der Waals surface area contributed by atoms with Crippen molar-refractivity contribution in [3.8, 4) is 11.1 Å². The molecule has 0 saturated carbocycles. The van der Waals surface area contributed by atoms with Gasteiger partial charge < -0.3 is 4.90 Å². The van der Waals surface area contributed by atoms with Crippen LogP contribution < -0.4 is 0 Å². The molecule has 1 aliphatic rings. The number of carbonyl (C=O) groups excluding carboxylic acids is 1. The minimum atomic E-state index is 0.0126. The van der Waals surface area contributed by atoms with E-state index in [4.69, 9.17) is 0 Å². The van der Waals surface area contributed by atoms with E-state index >= 15 is 0 Å². The lowest BCUT2D eigenvalue weighted by Gasteiger charge is -2.33. The molecule has 1 aromatic carbocycles. The van der Waals surface area contributed by atoms with E-state index in [2.05, 4.69) is 51.4 Å². The Morgan fingerprint density at radius 3 is 2.68 bits per heavy atom. The van der Waals surface area contributed by atoms with Gasteiger partial charge in [0.15, 0.2) is 0 Å². The first-order chi connectivity index (χ1) is 13.5. The largest absolute Gasteiger partial charge is 0.338 e. The highest BCUT2D eigenvalue weighted by atomic mass is 16.2. The van der Waals surface area contributed by atoms with Gasteiger partial charge in [-0.3, -0.25) is 9.89 Å². The number of hydrogen-bond donors (Lipinski definition) is 1. The van der Waals surface area contributed by atoms with Gasteiger partial charge in [0.25, 0.3) is 5.91 Å². The van der Waals surface area contributed by atoms with Crippen LogP contribution in [0.4, 0.5) is 0 Å². The van der Waals surface area contributed by atoms with Crippen molar-refractivity contribution in [2.75, 3.05) is 13.1 Å². The summed E-state index contributed by atoms with van der Waals surface area (Å²) in [5.74, 6) is 0.938. The molecule has 28 heavy (non-hydrogen) atoms. The number of aromatic amines is 1. The second-order valence-corrected chi connectivity index (χ2v) is 7.57. The third-order valence-electron chi connectivity index (χ3n) is 5.48. The van der Waals surface area contributed by atoms with Crippen molar-refractivity contribution in [2.45, 2.75) is 39.5 Å². The number of likely N-dealkylation sites (tertiary alicyclic amines) is 1. The second-order valence-electron chi connectivity index (χ2n) is 7.57. The van der Waals surface area contributed by atoms with Crippen molar-refractivity contribution in [3.05, 3.63) is 65.0 Å². The Morgan fingerprint density at radius 2 is 1.93 bits per heavy atom. The van der Waals surface area contributed by atoms with Crippen molar-refractivity contribution >= 4 is 5.91 Å². The van der Waals surface area contributed by atoms with E-state index < -0.39 is 0 Å². The van der Waals surface area contributed by atoms with Crippen molar-refractivity contribution in [2.24, 2.45) is 0 Å². The van der Waals surface area contributed by atoms with Crippen LogP contribution in [-0.2, 0) is 0 Å². The lowest BCUT2D eigenvalue weighted by molar-refractivity contribution is 0.0704. The number of benzene rings is 1. The van der Waals surface area contributed by atoms with Crippen LogP contribution in [-0.4, -0.2) is 44.1 Å². The molecule has 3 heterocycles. The predicted molar refractivity (Wildman–Crippen MR) is 108 cm³/mol. The second kappa shape index (κ2) is 7.54. The van der Waals surface area contributed by atoms with Crippen LogP contribution in [0.3, 0.4) is 0 Å². The molecule has 6 heteroatoms. The lowest BCUT2D eigenvalue weighted by atomic mass is 9.90. The standard InChI is InChI=1S/C22H25N5O/c1-14-6-8-17(9-7-14)20-12-24-26-21(20)18-5-4-10-27(13-18)22(28)19-11-23-16(3)25-15(19)2/h6-9,11-12,18H,4-5,10,13H2,1-3H3,(H,24,26). The summed E-state index contributed by atoms with van der Waals surface area (Å²) < 4.78 is 0. The number of nitrogens with zero attached hydrogens (tertiary/aromatic N) is 4. The molecule has 6 nitrogen and oxygen atoms in total. The van der Waals surface area contributed by atoms with Gasteiger partial charge in [-0.1, -0.05) is 29.8 Å². The molecule has 3 aromatic rings. The van der Waals surface area contributed by atoms with Gasteiger partial charge in [0.2, 0.25) is 0 Å². The van der Waals surface area contributed by atoms with Crippen molar-refractivity contribution < 1.29 is 4.79 Å². The van der Waals surface area contributed by atoms with Crippen molar-refractivity contribution in [3.63, 3.8) is 0 Å². The van der Waals surface area contributed by atoms with Crippen LogP contribution in [0, 0.1) is 20.8 Å².